The van der Waals surface area contributed by atoms with Crippen LogP contribution in [0.1, 0.15) is 5.69 Å². The van der Waals surface area contributed by atoms with E-state index in [1.165, 1.54) is 4.90 Å². The third-order valence-corrected chi connectivity index (χ3v) is 1.98. The first kappa shape index (κ1) is 12.2. The van der Waals surface area contributed by atoms with Crippen LogP contribution in [0, 0.1) is 6.92 Å². The molecule has 0 aliphatic heterocycles. The molecular formula is C10H17N5O. The second kappa shape index (κ2) is 5.89. The lowest BCUT2D eigenvalue weighted by molar-refractivity contribution is 0.218. The molecule has 0 saturated carbocycles. The zero-order valence-electron chi connectivity index (χ0n) is 9.82. The summed E-state index contributed by atoms with van der Waals surface area (Å²) in [4.78, 5) is 20.9. The number of carbonyl (C=O) groups is 1. The quantitative estimate of drug-likeness (QED) is 0.728. The Bertz CT molecular complexity index is 353. The number of anilines is 1. The van der Waals surface area contributed by atoms with Crippen molar-refractivity contribution in [2.45, 2.75) is 6.92 Å². The maximum atomic E-state index is 11.2. The predicted molar refractivity (Wildman–Crippen MR) is 62.3 cm³/mol. The van der Waals surface area contributed by atoms with Crippen LogP contribution in [0.2, 0.25) is 0 Å². The van der Waals surface area contributed by atoms with Crippen molar-refractivity contribution in [3.8, 4) is 0 Å². The molecule has 0 atom stereocenters. The molecule has 1 rings (SSSR count). The van der Waals surface area contributed by atoms with Crippen molar-refractivity contribution in [3.63, 3.8) is 0 Å². The molecule has 16 heavy (non-hydrogen) atoms. The number of hydrogen-bond acceptors (Lipinski definition) is 4. The molecule has 1 aromatic rings. The minimum absolute atomic E-state index is 0.0994. The highest BCUT2D eigenvalue weighted by Gasteiger charge is 2.02. The Balaban J connectivity index is 2.26. The molecule has 2 amide bonds. The Labute approximate surface area is 95.1 Å². The van der Waals surface area contributed by atoms with E-state index < -0.39 is 0 Å². The standard InChI is InChI=1S/C10H17N5O/c1-8-9(12-5-4-11-8)13-6-7-14-10(16)15(2)3/h4-5H,6-7H2,1-3H3,(H,12,13)(H,14,16). The van der Waals surface area contributed by atoms with Crippen LogP contribution < -0.4 is 10.6 Å². The van der Waals surface area contributed by atoms with Crippen molar-refractivity contribution in [1.82, 2.24) is 20.2 Å². The third-order valence-electron chi connectivity index (χ3n) is 1.98. The van der Waals surface area contributed by atoms with E-state index in [4.69, 9.17) is 0 Å². The fourth-order valence-corrected chi connectivity index (χ4v) is 1.09. The minimum Gasteiger partial charge on any atom is -0.367 e. The summed E-state index contributed by atoms with van der Waals surface area (Å²) in [6, 6.07) is -0.0994. The normalized spacial score (nSPS) is 9.69. The zero-order valence-corrected chi connectivity index (χ0v) is 9.82. The summed E-state index contributed by atoms with van der Waals surface area (Å²) < 4.78 is 0. The minimum atomic E-state index is -0.0994. The summed E-state index contributed by atoms with van der Waals surface area (Å²) in [5, 5.41) is 5.85. The van der Waals surface area contributed by atoms with Gasteiger partial charge in [0.15, 0.2) is 0 Å². The third kappa shape index (κ3) is 3.72. The van der Waals surface area contributed by atoms with Crippen LogP contribution >= 0.6 is 0 Å². The summed E-state index contributed by atoms with van der Waals surface area (Å²) >= 11 is 0. The van der Waals surface area contributed by atoms with Crippen molar-refractivity contribution in [2.75, 3.05) is 32.5 Å². The lowest BCUT2D eigenvalue weighted by atomic mass is 10.4. The molecule has 0 spiro atoms. The monoisotopic (exact) mass is 223 g/mol. The van der Waals surface area contributed by atoms with E-state index in [9.17, 15) is 4.79 Å². The number of amides is 2. The Morgan fingerprint density at radius 2 is 2.00 bits per heavy atom. The molecule has 6 nitrogen and oxygen atoms in total. The molecule has 88 valence electrons. The highest BCUT2D eigenvalue weighted by Crippen LogP contribution is 2.04. The van der Waals surface area contributed by atoms with Gasteiger partial charge in [-0.2, -0.15) is 0 Å². The van der Waals surface area contributed by atoms with Gasteiger partial charge in [-0.1, -0.05) is 0 Å². The highest BCUT2D eigenvalue weighted by molar-refractivity contribution is 5.73. The molecule has 0 aromatic carbocycles. The SMILES string of the molecule is Cc1nccnc1NCCNC(=O)N(C)C. The molecular weight excluding hydrogens is 206 g/mol. The lowest BCUT2D eigenvalue weighted by Crippen LogP contribution is -2.37. The Hall–Kier alpha value is -1.85. The van der Waals surface area contributed by atoms with Crippen LogP contribution in [0.4, 0.5) is 10.6 Å². The Morgan fingerprint density at radius 3 is 2.62 bits per heavy atom. The van der Waals surface area contributed by atoms with E-state index in [0.717, 1.165) is 11.5 Å². The van der Waals surface area contributed by atoms with Gasteiger partial charge in [0.05, 0.1) is 5.69 Å². The molecule has 0 aliphatic carbocycles. The van der Waals surface area contributed by atoms with Gasteiger partial charge in [0.25, 0.3) is 0 Å². The van der Waals surface area contributed by atoms with Gasteiger partial charge in [0, 0.05) is 39.6 Å². The van der Waals surface area contributed by atoms with Crippen LogP contribution in [0.5, 0.6) is 0 Å². The average molecular weight is 223 g/mol. The summed E-state index contributed by atoms with van der Waals surface area (Å²) in [5.74, 6) is 0.751. The molecule has 1 aromatic heterocycles. The van der Waals surface area contributed by atoms with E-state index in [1.54, 1.807) is 26.5 Å². The summed E-state index contributed by atoms with van der Waals surface area (Å²) in [6.07, 6.45) is 3.28. The maximum Gasteiger partial charge on any atom is 0.316 e. The van der Waals surface area contributed by atoms with E-state index in [2.05, 4.69) is 20.6 Å². The van der Waals surface area contributed by atoms with Gasteiger partial charge in [-0.3, -0.25) is 4.98 Å². The first-order valence-electron chi connectivity index (χ1n) is 5.08. The van der Waals surface area contributed by atoms with Gasteiger partial charge in [0.1, 0.15) is 5.82 Å². The van der Waals surface area contributed by atoms with Crippen molar-refractivity contribution < 1.29 is 4.79 Å². The van der Waals surface area contributed by atoms with Crippen molar-refractivity contribution in [2.24, 2.45) is 0 Å². The lowest BCUT2D eigenvalue weighted by Gasteiger charge is -2.12. The van der Waals surface area contributed by atoms with E-state index in [-0.39, 0.29) is 6.03 Å². The zero-order chi connectivity index (χ0) is 12.0. The number of nitrogens with zero attached hydrogens (tertiary/aromatic N) is 3. The Kier molecular flexibility index (Phi) is 4.50. The van der Waals surface area contributed by atoms with Gasteiger partial charge in [-0.15, -0.1) is 0 Å². The van der Waals surface area contributed by atoms with Crippen LogP contribution in [-0.2, 0) is 0 Å². The smallest absolute Gasteiger partial charge is 0.316 e. The highest BCUT2D eigenvalue weighted by atomic mass is 16.2. The fourth-order valence-electron chi connectivity index (χ4n) is 1.09. The molecule has 0 fully saturated rings. The maximum absolute atomic E-state index is 11.2. The van der Waals surface area contributed by atoms with Gasteiger partial charge >= 0.3 is 6.03 Å². The molecule has 0 saturated heterocycles. The van der Waals surface area contributed by atoms with Crippen LogP contribution in [0.15, 0.2) is 12.4 Å². The topological polar surface area (TPSA) is 70.1 Å². The molecule has 6 heteroatoms. The van der Waals surface area contributed by atoms with Crippen LogP contribution in [-0.4, -0.2) is 48.1 Å². The van der Waals surface area contributed by atoms with Crippen molar-refractivity contribution in [1.29, 1.82) is 0 Å². The number of hydrogen-bond donors (Lipinski definition) is 2. The molecule has 0 unspecified atom stereocenters. The van der Waals surface area contributed by atoms with Gasteiger partial charge < -0.3 is 15.5 Å². The van der Waals surface area contributed by atoms with Gasteiger partial charge in [-0.25, -0.2) is 9.78 Å². The second-order valence-electron chi connectivity index (χ2n) is 3.54. The van der Waals surface area contributed by atoms with Crippen molar-refractivity contribution in [3.05, 3.63) is 18.1 Å². The fraction of sp³-hybridized carbons (Fsp3) is 0.500. The van der Waals surface area contributed by atoms with Crippen LogP contribution in [0.25, 0.3) is 0 Å². The average Bonchev–Trinajstić information content (AvgIpc) is 2.26. The van der Waals surface area contributed by atoms with E-state index >= 15 is 0 Å². The Morgan fingerprint density at radius 1 is 1.31 bits per heavy atom. The molecule has 0 aliphatic rings. The second-order valence-corrected chi connectivity index (χ2v) is 3.54. The largest absolute Gasteiger partial charge is 0.367 e. The molecule has 0 radical (unpaired) electrons. The molecule has 0 bridgehead atoms. The molecule has 2 N–H and O–H groups in total. The molecule has 1 heterocycles. The number of urea groups is 1. The number of aromatic nitrogens is 2. The first-order valence-corrected chi connectivity index (χ1v) is 5.08. The summed E-state index contributed by atoms with van der Waals surface area (Å²) in [7, 11) is 3.41. The van der Waals surface area contributed by atoms with Gasteiger partial charge in [-0.05, 0) is 6.92 Å². The number of carbonyl (C=O) groups excluding carboxylic acids is 1. The summed E-state index contributed by atoms with van der Waals surface area (Å²) in [5.41, 5.74) is 0.849. The number of nitrogens with one attached hydrogen (secondary N) is 2. The van der Waals surface area contributed by atoms with E-state index in [1.807, 2.05) is 6.92 Å². The van der Waals surface area contributed by atoms with Crippen molar-refractivity contribution >= 4 is 11.8 Å². The van der Waals surface area contributed by atoms with Crippen LogP contribution in [0.3, 0.4) is 0 Å². The summed E-state index contributed by atoms with van der Waals surface area (Å²) in [6.45, 7) is 3.06. The first-order chi connectivity index (χ1) is 7.61. The number of aryl methyl sites for hydroxylation is 1. The van der Waals surface area contributed by atoms with E-state index in [0.29, 0.717) is 13.1 Å². The van der Waals surface area contributed by atoms with Gasteiger partial charge in [0.2, 0.25) is 0 Å². The number of rotatable bonds is 4. The predicted octanol–water partition coefficient (Wildman–Crippen LogP) is 0.468.